The molecule has 0 atom stereocenters. The van der Waals surface area contributed by atoms with Crippen LogP contribution >= 0.6 is 0 Å². The van der Waals surface area contributed by atoms with Gasteiger partial charge in [0.15, 0.2) is 0 Å². The fraction of sp³-hybridized carbons (Fsp3) is 0.571. The summed E-state index contributed by atoms with van der Waals surface area (Å²) in [6.07, 6.45) is -0.449. The lowest BCUT2D eigenvalue weighted by Crippen LogP contribution is -2.44. The normalized spacial score (nSPS) is 14.7. The average molecular weight is 288 g/mol. The fourth-order valence-corrected chi connectivity index (χ4v) is 3.59. The Morgan fingerprint density at radius 3 is 1.71 bits per heavy atom. The first-order valence-corrected chi connectivity index (χ1v) is 7.14. The first-order chi connectivity index (χ1) is 7.39. The Bertz CT molecular complexity index is 506. The molecule has 3 N–H and O–H groups in total. The van der Waals surface area contributed by atoms with Crippen molar-refractivity contribution in [2.24, 2.45) is 0 Å². The molecule has 100 valence electrons. The number of aliphatic carboxylic acids is 1. The molecule has 0 aromatic rings. The minimum atomic E-state index is -5.24. The molecule has 8 nitrogen and oxygen atoms in total. The summed E-state index contributed by atoms with van der Waals surface area (Å²) >= 11 is 0. The molecule has 10 heteroatoms. The maximum Gasteiger partial charge on any atom is 0.331 e. The lowest BCUT2D eigenvalue weighted by Gasteiger charge is -2.22. The lowest BCUT2D eigenvalue weighted by molar-refractivity contribution is -0.132. The van der Waals surface area contributed by atoms with E-state index in [0.29, 0.717) is 6.08 Å². The van der Waals surface area contributed by atoms with Crippen LogP contribution in [-0.4, -0.2) is 41.1 Å². The summed E-state index contributed by atoms with van der Waals surface area (Å²) in [6, 6.07) is 0. The Morgan fingerprint density at radius 2 is 1.53 bits per heavy atom. The zero-order valence-electron chi connectivity index (χ0n) is 8.98. The van der Waals surface area contributed by atoms with E-state index in [1.807, 2.05) is 0 Å². The highest BCUT2D eigenvalue weighted by Gasteiger charge is 2.51. The molecule has 0 aliphatic rings. The van der Waals surface area contributed by atoms with Crippen LogP contribution in [0.5, 0.6) is 0 Å². The molecule has 0 radical (unpaired) electrons. The van der Waals surface area contributed by atoms with Gasteiger partial charge in [0.1, 0.15) is 0 Å². The van der Waals surface area contributed by atoms with Gasteiger partial charge in [-0.3, -0.25) is 9.11 Å². The lowest BCUT2D eigenvalue weighted by atomic mass is 10.2. The van der Waals surface area contributed by atoms with Crippen molar-refractivity contribution in [3.63, 3.8) is 0 Å². The molecule has 0 unspecified atom stereocenters. The molecular weight excluding hydrogens is 276 g/mol. The second-order valence-corrected chi connectivity index (χ2v) is 6.86. The van der Waals surface area contributed by atoms with Gasteiger partial charge in [-0.2, -0.15) is 16.8 Å². The summed E-state index contributed by atoms with van der Waals surface area (Å²) in [6.45, 7) is 2.00. The van der Waals surface area contributed by atoms with Crippen molar-refractivity contribution in [1.82, 2.24) is 0 Å². The van der Waals surface area contributed by atoms with E-state index in [0.717, 1.165) is 13.8 Å². The van der Waals surface area contributed by atoms with Crippen LogP contribution in [0.25, 0.3) is 0 Å². The molecule has 0 aliphatic heterocycles. The minimum absolute atomic E-state index is 0.292. The zero-order chi connectivity index (χ0) is 14.1. The van der Waals surface area contributed by atoms with Gasteiger partial charge < -0.3 is 5.11 Å². The van der Waals surface area contributed by atoms with Crippen LogP contribution in [-0.2, 0) is 25.0 Å². The first kappa shape index (κ1) is 16.0. The summed E-state index contributed by atoms with van der Waals surface area (Å²) in [7, 11) is -10.5. The van der Waals surface area contributed by atoms with Gasteiger partial charge in [0.2, 0.25) is 4.08 Å². The molecule has 0 amide bonds. The van der Waals surface area contributed by atoms with E-state index in [1.54, 1.807) is 0 Å². The Balaban J connectivity index is 6.29. The smallest absolute Gasteiger partial charge is 0.331 e. The topological polar surface area (TPSA) is 146 Å². The Kier molecular flexibility index (Phi) is 4.45. The van der Waals surface area contributed by atoms with Gasteiger partial charge in [-0.15, -0.1) is 0 Å². The molecule has 0 spiro atoms. The van der Waals surface area contributed by atoms with E-state index >= 15 is 0 Å². The quantitative estimate of drug-likeness (QED) is 0.469. The van der Waals surface area contributed by atoms with Crippen molar-refractivity contribution in [1.29, 1.82) is 0 Å². The van der Waals surface area contributed by atoms with E-state index < -0.39 is 42.3 Å². The van der Waals surface area contributed by atoms with Crippen molar-refractivity contribution in [2.45, 2.75) is 24.3 Å². The van der Waals surface area contributed by atoms with Crippen molar-refractivity contribution < 1.29 is 35.8 Å². The number of carboxylic acids is 1. The molecule has 0 aliphatic carbocycles. The van der Waals surface area contributed by atoms with Crippen molar-refractivity contribution in [3.8, 4) is 0 Å². The van der Waals surface area contributed by atoms with Crippen LogP contribution in [0.1, 0.15) is 20.3 Å². The summed E-state index contributed by atoms with van der Waals surface area (Å²) in [4.78, 5) is 10.5. The monoisotopic (exact) mass is 288 g/mol. The van der Waals surface area contributed by atoms with Crippen LogP contribution < -0.4 is 0 Å². The van der Waals surface area contributed by atoms with Gasteiger partial charge in [0, 0.05) is 5.57 Å². The second-order valence-electron chi connectivity index (χ2n) is 3.25. The van der Waals surface area contributed by atoms with Gasteiger partial charge in [-0.05, 0) is 19.4 Å². The molecule has 0 bridgehead atoms. The SMILES string of the molecule is CCC(C=C(C)C(=O)O)(S(=O)(=O)O)S(=O)(=O)O. The Morgan fingerprint density at radius 1 is 1.18 bits per heavy atom. The molecule has 0 rings (SSSR count). The maximum atomic E-state index is 11.1. The van der Waals surface area contributed by atoms with Gasteiger partial charge in [-0.1, -0.05) is 6.92 Å². The summed E-state index contributed by atoms with van der Waals surface area (Å²) in [5, 5.41) is 8.55. The Labute approximate surface area is 98.5 Å². The highest BCUT2D eigenvalue weighted by molar-refractivity contribution is 8.05. The van der Waals surface area contributed by atoms with E-state index in [9.17, 15) is 21.6 Å². The van der Waals surface area contributed by atoms with E-state index in [-0.39, 0.29) is 0 Å². The third-order valence-electron chi connectivity index (χ3n) is 2.14. The molecular formula is C7H12O8S2. The standard InChI is InChI=1S/C7H12O8S2/c1-3-7(16(10,11)12,17(13,14)15)4-5(2)6(8)9/h4H,3H2,1-2H3,(H,8,9)(H,10,11,12)(H,13,14,15). The van der Waals surface area contributed by atoms with Gasteiger partial charge in [-0.25, -0.2) is 4.79 Å². The molecule has 0 fully saturated rings. The third kappa shape index (κ3) is 3.03. The predicted octanol–water partition coefficient (Wildman–Crippen LogP) is -0.101. The number of hydrogen-bond donors (Lipinski definition) is 3. The number of hydrogen-bond acceptors (Lipinski definition) is 5. The van der Waals surface area contributed by atoms with Crippen LogP contribution in [0.2, 0.25) is 0 Å². The summed E-state index contributed by atoms with van der Waals surface area (Å²) in [5.74, 6) is -1.57. The van der Waals surface area contributed by atoms with Crippen LogP contribution in [0.15, 0.2) is 11.6 Å². The molecule has 0 saturated carbocycles. The largest absolute Gasteiger partial charge is 0.478 e. The molecule has 17 heavy (non-hydrogen) atoms. The first-order valence-electron chi connectivity index (χ1n) is 4.26. The highest BCUT2D eigenvalue weighted by atomic mass is 32.3. The van der Waals surface area contributed by atoms with Crippen LogP contribution in [0, 0.1) is 0 Å². The molecule has 0 aromatic heterocycles. The summed E-state index contributed by atoms with van der Waals surface area (Å²) < 4.78 is 59.0. The van der Waals surface area contributed by atoms with E-state index in [1.165, 1.54) is 0 Å². The minimum Gasteiger partial charge on any atom is -0.478 e. The third-order valence-corrected chi connectivity index (χ3v) is 5.96. The second kappa shape index (κ2) is 4.72. The van der Waals surface area contributed by atoms with Crippen molar-refractivity contribution >= 4 is 26.2 Å². The Hall–Kier alpha value is -0.970. The van der Waals surface area contributed by atoms with Crippen molar-refractivity contribution in [3.05, 3.63) is 11.6 Å². The van der Waals surface area contributed by atoms with E-state index in [2.05, 4.69) is 0 Å². The highest BCUT2D eigenvalue weighted by Crippen LogP contribution is 2.30. The van der Waals surface area contributed by atoms with Gasteiger partial charge >= 0.3 is 5.97 Å². The molecule has 0 saturated heterocycles. The number of rotatable bonds is 5. The van der Waals surface area contributed by atoms with Crippen LogP contribution in [0.3, 0.4) is 0 Å². The zero-order valence-corrected chi connectivity index (χ0v) is 10.6. The number of carbonyl (C=O) groups is 1. The van der Waals surface area contributed by atoms with Gasteiger partial charge in [0.25, 0.3) is 20.2 Å². The average Bonchev–Trinajstić information content (AvgIpc) is 2.09. The predicted molar refractivity (Wildman–Crippen MR) is 57.5 cm³/mol. The summed E-state index contributed by atoms with van der Waals surface area (Å²) in [5.41, 5.74) is -0.637. The maximum absolute atomic E-state index is 11.1. The number of carboxylic acid groups (broad SMARTS) is 1. The van der Waals surface area contributed by atoms with E-state index in [4.69, 9.17) is 14.2 Å². The molecule has 0 heterocycles. The molecule has 0 aromatic carbocycles. The fourth-order valence-electron chi connectivity index (χ4n) is 1.14. The van der Waals surface area contributed by atoms with Crippen molar-refractivity contribution in [2.75, 3.05) is 0 Å². The van der Waals surface area contributed by atoms with Gasteiger partial charge in [0.05, 0.1) is 0 Å². The van der Waals surface area contributed by atoms with Crippen LogP contribution in [0.4, 0.5) is 0 Å².